The Kier molecular flexibility index (Phi) is 15.7. The fourth-order valence-corrected chi connectivity index (χ4v) is 6.63. The number of alkyl halides is 2. The van der Waals surface area contributed by atoms with E-state index >= 15 is 0 Å². The first-order chi connectivity index (χ1) is 23.3. The molecule has 0 aliphatic carbocycles. The Morgan fingerprint density at radius 1 is 1.00 bits per heavy atom. The van der Waals surface area contributed by atoms with Crippen LogP contribution in [0, 0.1) is 22.7 Å². The van der Waals surface area contributed by atoms with Gasteiger partial charge in [0.2, 0.25) is 34.2 Å². The first-order valence-corrected chi connectivity index (χ1v) is 19.5. The van der Waals surface area contributed by atoms with Crippen molar-refractivity contribution < 1.29 is 36.4 Å². The van der Waals surface area contributed by atoms with Gasteiger partial charge in [0.15, 0.2) is 0 Å². The van der Waals surface area contributed by atoms with Gasteiger partial charge in [-0.2, -0.15) is 0 Å². The Morgan fingerprint density at radius 2 is 1.61 bits per heavy atom. The molecule has 1 aliphatic rings. The fourth-order valence-electron chi connectivity index (χ4n) is 5.98. The maximum Gasteiger partial charge on any atom is 0.315 e. The Morgan fingerprint density at radius 3 is 2.12 bits per heavy atom. The third kappa shape index (κ3) is 13.2. The van der Waals surface area contributed by atoms with Crippen molar-refractivity contribution in [1.29, 1.82) is 0 Å². The van der Waals surface area contributed by atoms with E-state index in [1.165, 1.54) is 11.9 Å². The molecule has 1 fully saturated rings. The van der Waals surface area contributed by atoms with E-state index in [0.29, 0.717) is 17.9 Å². The van der Waals surface area contributed by atoms with Crippen molar-refractivity contribution in [2.24, 2.45) is 22.7 Å². The first-order valence-electron chi connectivity index (χ1n) is 17.2. The van der Waals surface area contributed by atoms with Crippen molar-refractivity contribution in [3.05, 3.63) is 34.9 Å². The molecule has 290 valence electrons. The summed E-state index contributed by atoms with van der Waals surface area (Å²) in [7, 11) is -2.13. The average Bonchev–Trinajstić information content (AvgIpc) is 3.44. The molecule has 1 aromatic carbocycles. The summed E-state index contributed by atoms with van der Waals surface area (Å²) in [5, 5.41) is 11.2. The van der Waals surface area contributed by atoms with Crippen LogP contribution in [0.5, 0.6) is 0 Å². The zero-order valence-corrected chi connectivity index (χ0v) is 33.1. The van der Waals surface area contributed by atoms with E-state index in [2.05, 4.69) is 21.3 Å². The average molecular weight is 763 g/mol. The number of sulfonamides is 1. The summed E-state index contributed by atoms with van der Waals surface area (Å²) in [5.74, 6) is -2.50. The lowest BCUT2D eigenvalue weighted by Crippen LogP contribution is -2.62. The molecule has 4 N–H and O–H groups in total. The number of urea groups is 1. The molecule has 5 amide bonds. The maximum atomic E-state index is 14.3. The molecule has 0 bridgehead atoms. The number of nitrogens with zero attached hydrogens (tertiary/aromatic N) is 2. The molecule has 0 aromatic heterocycles. The molecule has 1 unspecified atom stereocenters. The predicted octanol–water partition coefficient (Wildman–Crippen LogP) is 4.03. The topological polar surface area (TPSA) is 157 Å². The zero-order valence-electron chi connectivity index (χ0n) is 31.5. The Labute approximate surface area is 307 Å². The van der Waals surface area contributed by atoms with E-state index in [1.54, 1.807) is 45.0 Å². The Balaban J connectivity index is 2.30. The number of hydrogen-bond acceptors (Lipinski definition) is 6. The highest BCUT2D eigenvalue weighted by molar-refractivity contribution is 7.88. The van der Waals surface area contributed by atoms with Crippen LogP contribution in [0.2, 0.25) is 5.02 Å². The number of likely N-dealkylation sites (tertiary alicyclic amines) is 1. The molecule has 1 aliphatic heterocycles. The number of benzene rings is 1. The zero-order chi connectivity index (χ0) is 39.1. The van der Waals surface area contributed by atoms with Gasteiger partial charge in [-0.25, -0.2) is 26.3 Å². The molecule has 0 saturated carbocycles. The second kappa shape index (κ2) is 18.1. The molecule has 0 radical (unpaired) electrons. The Bertz CT molecular complexity index is 1480. The third-order valence-corrected chi connectivity index (χ3v) is 10.9. The number of rotatable bonds is 15. The Hall–Kier alpha value is -3.04. The second-order valence-corrected chi connectivity index (χ2v) is 18.4. The lowest BCUT2D eigenvalue weighted by atomic mass is 9.84. The SMILES string of the molecule is CC(C)C1CCN(C(=O)[C@@H](NC(=O)N[C@H](CN(C)S(C)(=O)=O)C(C)(C)C)C(C)(C)C)[C@@H]1C(=O)N[C@@H](CC(F)F)C(=O)NCCc1ccccc1Cl. The minimum atomic E-state index is -3.54. The van der Waals surface area contributed by atoms with Crippen LogP contribution in [0.3, 0.4) is 0 Å². The van der Waals surface area contributed by atoms with Gasteiger partial charge in [-0.15, -0.1) is 0 Å². The smallest absolute Gasteiger partial charge is 0.315 e. The summed E-state index contributed by atoms with van der Waals surface area (Å²) in [6, 6.07) is 1.94. The normalized spacial score (nSPS) is 18.8. The number of halogens is 3. The van der Waals surface area contributed by atoms with Gasteiger partial charge in [0.05, 0.1) is 6.26 Å². The highest BCUT2D eigenvalue weighted by Crippen LogP contribution is 2.33. The lowest BCUT2D eigenvalue weighted by molar-refractivity contribution is -0.144. The second-order valence-electron chi connectivity index (χ2n) is 15.9. The molecular weight excluding hydrogens is 706 g/mol. The quantitative estimate of drug-likeness (QED) is 0.212. The van der Waals surface area contributed by atoms with Crippen LogP contribution in [-0.2, 0) is 30.8 Å². The van der Waals surface area contributed by atoms with E-state index < -0.39 is 81.6 Å². The van der Waals surface area contributed by atoms with Crippen molar-refractivity contribution in [2.75, 3.05) is 32.9 Å². The van der Waals surface area contributed by atoms with Crippen LogP contribution in [0.25, 0.3) is 0 Å². The molecule has 1 heterocycles. The standard InChI is InChI=1S/C35H57ClF2N6O6S/c1-21(2)23-16-18-44(28(23)31(46)40-25(19-27(37)38)30(45)39-17-15-22-13-11-12-14-24(22)36)32(47)29(35(6,7)8)42-33(48)41-26(34(3,4)5)20-43(9)51(10,49)50/h11-14,21,23,25-29H,15-20H2,1-10H3,(H,39,45)(H,40,46)(H2,41,42,48)/t23?,25-,26+,28-,29+/m0/s1. The van der Waals surface area contributed by atoms with E-state index in [1.807, 2.05) is 34.6 Å². The summed E-state index contributed by atoms with van der Waals surface area (Å²) >= 11 is 6.19. The minimum absolute atomic E-state index is 0.0122. The molecule has 5 atom stereocenters. The van der Waals surface area contributed by atoms with Crippen LogP contribution in [0.15, 0.2) is 24.3 Å². The monoisotopic (exact) mass is 762 g/mol. The number of amides is 5. The fraction of sp³-hybridized carbons (Fsp3) is 0.714. The summed E-state index contributed by atoms with van der Waals surface area (Å²) in [6.07, 6.45) is -1.96. The summed E-state index contributed by atoms with van der Waals surface area (Å²) < 4.78 is 52.7. The van der Waals surface area contributed by atoms with Gasteiger partial charge in [-0.3, -0.25) is 14.4 Å². The number of hydrogen-bond donors (Lipinski definition) is 4. The highest BCUT2D eigenvalue weighted by Gasteiger charge is 2.48. The summed E-state index contributed by atoms with van der Waals surface area (Å²) in [5.41, 5.74) is -0.638. The highest BCUT2D eigenvalue weighted by atomic mass is 35.5. The molecule has 51 heavy (non-hydrogen) atoms. The molecule has 1 aromatic rings. The van der Waals surface area contributed by atoms with Crippen LogP contribution in [0.1, 0.15) is 73.8 Å². The summed E-state index contributed by atoms with van der Waals surface area (Å²) in [6.45, 7) is 14.9. The van der Waals surface area contributed by atoms with Gasteiger partial charge in [0.1, 0.15) is 18.1 Å². The molecule has 16 heteroatoms. The van der Waals surface area contributed by atoms with Crippen LogP contribution in [-0.4, -0.2) is 105 Å². The van der Waals surface area contributed by atoms with Gasteiger partial charge in [0.25, 0.3) is 0 Å². The van der Waals surface area contributed by atoms with Crippen LogP contribution >= 0.6 is 11.6 Å². The number of carbonyl (C=O) groups excluding carboxylic acids is 4. The first kappa shape index (κ1) is 44.1. The molecule has 0 spiro atoms. The van der Waals surface area contributed by atoms with Crippen LogP contribution < -0.4 is 21.3 Å². The summed E-state index contributed by atoms with van der Waals surface area (Å²) in [4.78, 5) is 56.2. The van der Waals surface area contributed by atoms with Gasteiger partial charge >= 0.3 is 6.03 Å². The van der Waals surface area contributed by atoms with Gasteiger partial charge < -0.3 is 26.2 Å². The lowest BCUT2D eigenvalue weighted by Gasteiger charge is -2.38. The van der Waals surface area contributed by atoms with Crippen molar-refractivity contribution in [3.8, 4) is 0 Å². The van der Waals surface area contributed by atoms with Crippen molar-refractivity contribution in [3.63, 3.8) is 0 Å². The van der Waals surface area contributed by atoms with Crippen LogP contribution in [0.4, 0.5) is 13.6 Å². The number of likely N-dealkylation sites (N-methyl/N-ethyl adjacent to an activating group) is 1. The van der Waals surface area contributed by atoms with E-state index in [9.17, 15) is 36.4 Å². The van der Waals surface area contributed by atoms with Gasteiger partial charge in [-0.1, -0.05) is 85.2 Å². The van der Waals surface area contributed by atoms with Crippen molar-refractivity contribution in [1.82, 2.24) is 30.5 Å². The molecular formula is C35H57ClF2N6O6S. The van der Waals surface area contributed by atoms with Gasteiger partial charge in [-0.05, 0) is 47.1 Å². The predicted molar refractivity (Wildman–Crippen MR) is 195 cm³/mol. The van der Waals surface area contributed by atoms with Gasteiger partial charge in [0, 0.05) is 44.2 Å². The number of nitrogens with one attached hydrogen (secondary N) is 4. The van der Waals surface area contributed by atoms with E-state index in [4.69, 9.17) is 11.6 Å². The van der Waals surface area contributed by atoms with Crippen molar-refractivity contribution in [2.45, 2.75) is 105 Å². The third-order valence-electron chi connectivity index (χ3n) is 9.30. The molecule has 1 saturated heterocycles. The largest absolute Gasteiger partial charge is 0.354 e. The molecule has 12 nitrogen and oxygen atoms in total. The number of carbonyl (C=O) groups is 4. The molecule has 2 rings (SSSR count). The van der Waals surface area contributed by atoms with E-state index in [0.717, 1.165) is 16.1 Å². The van der Waals surface area contributed by atoms with Crippen molar-refractivity contribution >= 4 is 45.4 Å². The minimum Gasteiger partial charge on any atom is -0.354 e. The van der Waals surface area contributed by atoms with E-state index in [-0.39, 0.29) is 31.5 Å². The maximum absolute atomic E-state index is 14.3.